The van der Waals surface area contributed by atoms with Crippen LogP contribution >= 0.6 is 0 Å². The predicted octanol–water partition coefficient (Wildman–Crippen LogP) is 4.64. The molecular weight excluding hydrogens is 374 g/mol. The van der Waals surface area contributed by atoms with Gasteiger partial charge >= 0.3 is 0 Å². The monoisotopic (exact) mass is 397 g/mol. The summed E-state index contributed by atoms with van der Waals surface area (Å²) in [7, 11) is 0. The number of carbonyl (C=O) groups excluding carboxylic acids is 2. The van der Waals surface area contributed by atoms with Gasteiger partial charge in [0.05, 0.1) is 11.3 Å². The number of H-pyrrole nitrogens is 1. The number of aromatic nitrogens is 1. The van der Waals surface area contributed by atoms with Crippen molar-refractivity contribution in [2.45, 2.75) is 19.3 Å². The zero-order chi connectivity index (χ0) is 20.5. The Balaban J connectivity index is 1.35. The number of benzene rings is 3. The minimum absolute atomic E-state index is 0.00174. The number of aromatic amines is 1. The maximum atomic E-state index is 13.0. The van der Waals surface area contributed by atoms with Crippen molar-refractivity contribution in [2.75, 3.05) is 11.9 Å². The average molecular weight is 397 g/mol. The fourth-order valence-corrected chi connectivity index (χ4v) is 3.86. The van der Waals surface area contributed by atoms with Crippen LogP contribution in [0.2, 0.25) is 0 Å². The summed E-state index contributed by atoms with van der Waals surface area (Å²) in [6.45, 7) is 0.517. The molecule has 1 aliphatic rings. The van der Waals surface area contributed by atoms with Crippen molar-refractivity contribution in [3.05, 3.63) is 78.0 Å². The Bertz CT molecular complexity index is 1250. The predicted molar refractivity (Wildman–Crippen MR) is 120 cm³/mol. The molecule has 0 saturated heterocycles. The van der Waals surface area contributed by atoms with Crippen molar-refractivity contribution in [1.82, 2.24) is 10.3 Å². The molecule has 0 radical (unpaired) electrons. The smallest absolute Gasteiger partial charge is 0.253 e. The van der Waals surface area contributed by atoms with Crippen molar-refractivity contribution in [1.29, 1.82) is 0 Å². The van der Waals surface area contributed by atoms with E-state index in [4.69, 9.17) is 0 Å². The number of nitrogens with one attached hydrogen (secondary N) is 3. The second-order valence-electron chi connectivity index (χ2n) is 7.87. The van der Waals surface area contributed by atoms with E-state index in [1.807, 2.05) is 60.8 Å². The fraction of sp³-hybridized carbons (Fsp3) is 0.200. The third-order valence-corrected chi connectivity index (χ3v) is 5.69. The summed E-state index contributed by atoms with van der Waals surface area (Å²) in [5, 5.41) is 9.14. The number of hydrogen-bond acceptors (Lipinski definition) is 2. The van der Waals surface area contributed by atoms with Crippen LogP contribution in [0.3, 0.4) is 0 Å². The lowest BCUT2D eigenvalue weighted by molar-refractivity contribution is -0.117. The van der Waals surface area contributed by atoms with Crippen LogP contribution in [0.25, 0.3) is 21.7 Å². The Labute approximate surface area is 174 Å². The molecule has 5 nitrogen and oxygen atoms in total. The van der Waals surface area contributed by atoms with E-state index >= 15 is 0 Å². The van der Waals surface area contributed by atoms with E-state index in [0.717, 1.165) is 35.6 Å². The van der Waals surface area contributed by atoms with Gasteiger partial charge in [0.2, 0.25) is 5.91 Å². The first-order valence-corrected chi connectivity index (χ1v) is 10.4. The van der Waals surface area contributed by atoms with Crippen LogP contribution in [0.1, 0.15) is 28.8 Å². The topological polar surface area (TPSA) is 74.0 Å². The Morgan fingerprint density at radius 2 is 1.70 bits per heavy atom. The highest BCUT2D eigenvalue weighted by atomic mass is 16.2. The molecule has 0 spiro atoms. The first kappa shape index (κ1) is 18.4. The van der Waals surface area contributed by atoms with Crippen LogP contribution in [0, 0.1) is 5.92 Å². The molecule has 2 amide bonds. The van der Waals surface area contributed by atoms with E-state index in [1.54, 1.807) is 0 Å². The summed E-state index contributed by atoms with van der Waals surface area (Å²) in [5.41, 5.74) is 3.35. The zero-order valence-corrected chi connectivity index (χ0v) is 16.6. The summed E-state index contributed by atoms with van der Waals surface area (Å²) in [5.74, 6) is -0.0981. The molecule has 1 aliphatic carbocycles. The normalized spacial score (nSPS) is 13.5. The SMILES string of the molecule is O=C(NCCc1c[nH]c2ccccc12)c1cc2ccccc2cc1NC(=O)C1CC1. The van der Waals surface area contributed by atoms with Gasteiger partial charge in [-0.2, -0.15) is 0 Å². The van der Waals surface area contributed by atoms with Crippen molar-refractivity contribution in [3.63, 3.8) is 0 Å². The minimum atomic E-state index is -0.174. The molecule has 0 bridgehead atoms. The van der Waals surface area contributed by atoms with Crippen molar-refractivity contribution in [3.8, 4) is 0 Å². The molecule has 4 aromatic rings. The van der Waals surface area contributed by atoms with Gasteiger partial charge < -0.3 is 15.6 Å². The molecule has 1 aromatic heterocycles. The molecule has 150 valence electrons. The molecule has 0 atom stereocenters. The number of para-hydroxylation sites is 1. The van der Waals surface area contributed by atoms with E-state index in [9.17, 15) is 9.59 Å². The highest BCUT2D eigenvalue weighted by molar-refractivity contribution is 6.08. The summed E-state index contributed by atoms with van der Waals surface area (Å²) in [4.78, 5) is 28.6. The molecule has 5 rings (SSSR count). The lowest BCUT2D eigenvalue weighted by Gasteiger charge is -2.13. The standard InChI is InChI=1S/C25H23N3O2/c29-24(16-9-10-16)28-23-14-18-6-2-1-5-17(18)13-21(23)25(30)26-12-11-19-15-27-22-8-4-3-7-20(19)22/h1-8,13-16,27H,9-12H2,(H,26,30)(H,28,29). The van der Waals surface area contributed by atoms with Crippen molar-refractivity contribution >= 4 is 39.2 Å². The van der Waals surface area contributed by atoms with Crippen LogP contribution in [0.5, 0.6) is 0 Å². The molecule has 1 heterocycles. The number of amides is 2. The molecule has 30 heavy (non-hydrogen) atoms. The summed E-state index contributed by atoms with van der Waals surface area (Å²) in [6.07, 6.45) is 4.57. The van der Waals surface area contributed by atoms with Crippen molar-refractivity contribution < 1.29 is 9.59 Å². The van der Waals surface area contributed by atoms with E-state index < -0.39 is 0 Å². The third kappa shape index (κ3) is 3.66. The highest BCUT2D eigenvalue weighted by Gasteiger charge is 2.30. The fourth-order valence-electron chi connectivity index (χ4n) is 3.86. The number of rotatable bonds is 6. The number of anilines is 1. The quantitative estimate of drug-likeness (QED) is 0.443. The third-order valence-electron chi connectivity index (χ3n) is 5.69. The molecule has 0 aliphatic heterocycles. The lowest BCUT2D eigenvalue weighted by atomic mass is 10.0. The Kier molecular flexibility index (Phi) is 4.71. The maximum Gasteiger partial charge on any atom is 0.253 e. The Hall–Kier alpha value is -3.60. The first-order valence-electron chi connectivity index (χ1n) is 10.4. The van der Waals surface area contributed by atoms with Gasteiger partial charge in [-0.05, 0) is 53.8 Å². The number of carbonyl (C=O) groups is 2. The van der Waals surface area contributed by atoms with Crippen LogP contribution in [-0.4, -0.2) is 23.3 Å². The van der Waals surface area contributed by atoms with E-state index in [-0.39, 0.29) is 17.7 Å². The molecular formula is C25H23N3O2. The average Bonchev–Trinajstić information content (AvgIpc) is 3.55. The highest BCUT2D eigenvalue weighted by Crippen LogP contribution is 2.32. The van der Waals surface area contributed by atoms with Gasteiger partial charge in [0.15, 0.2) is 0 Å². The van der Waals surface area contributed by atoms with Crippen LogP contribution in [0.15, 0.2) is 66.9 Å². The zero-order valence-electron chi connectivity index (χ0n) is 16.6. The molecule has 0 unspecified atom stereocenters. The van der Waals surface area contributed by atoms with Gasteiger partial charge in [-0.1, -0.05) is 42.5 Å². The summed E-state index contributed by atoms with van der Waals surface area (Å²) < 4.78 is 0. The Morgan fingerprint density at radius 3 is 2.50 bits per heavy atom. The largest absolute Gasteiger partial charge is 0.361 e. The molecule has 5 heteroatoms. The van der Waals surface area contributed by atoms with Gasteiger partial charge in [0.1, 0.15) is 0 Å². The minimum Gasteiger partial charge on any atom is -0.361 e. The molecule has 3 N–H and O–H groups in total. The van der Waals surface area contributed by atoms with Gasteiger partial charge in [-0.15, -0.1) is 0 Å². The summed E-state index contributed by atoms with van der Waals surface area (Å²) >= 11 is 0. The van der Waals surface area contributed by atoms with Gasteiger partial charge in [0.25, 0.3) is 5.91 Å². The van der Waals surface area contributed by atoms with Crippen LogP contribution in [-0.2, 0) is 11.2 Å². The van der Waals surface area contributed by atoms with E-state index in [2.05, 4.69) is 21.7 Å². The van der Waals surface area contributed by atoms with Crippen LogP contribution < -0.4 is 10.6 Å². The maximum absolute atomic E-state index is 13.0. The second kappa shape index (κ2) is 7.67. The molecule has 1 fully saturated rings. The van der Waals surface area contributed by atoms with Gasteiger partial charge in [-0.3, -0.25) is 9.59 Å². The van der Waals surface area contributed by atoms with Gasteiger partial charge in [-0.25, -0.2) is 0 Å². The molecule has 3 aromatic carbocycles. The molecule has 1 saturated carbocycles. The number of hydrogen-bond donors (Lipinski definition) is 3. The second-order valence-corrected chi connectivity index (χ2v) is 7.87. The van der Waals surface area contributed by atoms with E-state index in [1.165, 1.54) is 10.9 Å². The Morgan fingerprint density at radius 1 is 0.967 bits per heavy atom. The van der Waals surface area contributed by atoms with Gasteiger partial charge in [0, 0.05) is 29.6 Å². The lowest BCUT2D eigenvalue weighted by Crippen LogP contribution is -2.27. The first-order chi connectivity index (χ1) is 14.7. The van der Waals surface area contributed by atoms with Crippen LogP contribution in [0.4, 0.5) is 5.69 Å². The van der Waals surface area contributed by atoms with Crippen molar-refractivity contribution in [2.24, 2.45) is 5.92 Å². The number of fused-ring (bicyclic) bond motifs is 2. The summed E-state index contributed by atoms with van der Waals surface area (Å²) in [6, 6.07) is 19.8. The van der Waals surface area contributed by atoms with E-state index in [0.29, 0.717) is 17.8 Å².